The normalized spacial score (nSPS) is 31.0. The van der Waals surface area contributed by atoms with E-state index < -0.39 is 29.6 Å². The molecule has 0 aromatic rings. The molecule has 0 radical (unpaired) electrons. The standard InChI is InChI=1S/C20H32N2O5/c1-19(2,3)15(21-16(23)14(27-6)10-7-8-10)17(24)22-9-11-12(20(11,4)5)13(22)18(25)26/h10-15H,7-9H2,1-6H3,(H,21,23)(H,25,26)/t11-,12-,13-,14?,15+/m0/s1. The van der Waals surface area contributed by atoms with E-state index in [1.807, 2.05) is 20.8 Å². The quantitative estimate of drug-likeness (QED) is 0.728. The third-order valence-electron chi connectivity index (χ3n) is 6.71. The Kier molecular flexibility index (Phi) is 4.82. The molecule has 0 aromatic heterocycles. The van der Waals surface area contributed by atoms with Crippen molar-refractivity contribution in [2.75, 3.05) is 13.7 Å². The predicted octanol–water partition coefficient (Wildman–Crippen LogP) is 1.51. The molecular weight excluding hydrogens is 348 g/mol. The second-order valence-corrected chi connectivity index (χ2v) is 10.0. The molecule has 1 unspecified atom stereocenters. The van der Waals surface area contributed by atoms with Crippen LogP contribution in [0.15, 0.2) is 0 Å². The van der Waals surface area contributed by atoms with Gasteiger partial charge in [0.1, 0.15) is 18.2 Å². The number of hydrogen-bond acceptors (Lipinski definition) is 4. The summed E-state index contributed by atoms with van der Waals surface area (Å²) in [6, 6.07) is -1.61. The molecule has 7 heteroatoms. The first kappa shape index (κ1) is 20.1. The molecule has 5 atom stereocenters. The van der Waals surface area contributed by atoms with E-state index in [-0.39, 0.29) is 35.0 Å². The molecule has 3 rings (SSSR count). The van der Waals surface area contributed by atoms with Crippen molar-refractivity contribution in [3.63, 3.8) is 0 Å². The summed E-state index contributed by atoms with van der Waals surface area (Å²) in [4.78, 5) is 39.4. The van der Waals surface area contributed by atoms with Crippen LogP contribution in [0.1, 0.15) is 47.5 Å². The number of methoxy groups -OCH3 is 1. The fourth-order valence-corrected chi connectivity index (χ4v) is 4.75. The van der Waals surface area contributed by atoms with Crippen molar-refractivity contribution < 1.29 is 24.2 Å². The summed E-state index contributed by atoms with van der Waals surface area (Å²) in [6.45, 7) is 10.2. The molecular formula is C20H32N2O5. The third-order valence-corrected chi connectivity index (χ3v) is 6.71. The number of hydrogen-bond donors (Lipinski definition) is 2. The molecule has 27 heavy (non-hydrogen) atoms. The fraction of sp³-hybridized carbons (Fsp3) is 0.850. The van der Waals surface area contributed by atoms with Crippen molar-refractivity contribution in [3.05, 3.63) is 0 Å². The Bertz CT molecular complexity index is 649. The number of carboxylic acid groups (broad SMARTS) is 1. The number of nitrogens with one attached hydrogen (secondary N) is 1. The van der Waals surface area contributed by atoms with Gasteiger partial charge in [-0.3, -0.25) is 9.59 Å². The van der Waals surface area contributed by atoms with Gasteiger partial charge in [0.15, 0.2) is 0 Å². The van der Waals surface area contributed by atoms with Crippen LogP contribution in [0, 0.1) is 28.6 Å². The number of carbonyl (C=O) groups excluding carboxylic acids is 2. The average Bonchev–Trinajstić information content (AvgIpc) is 3.39. The minimum Gasteiger partial charge on any atom is -0.480 e. The van der Waals surface area contributed by atoms with E-state index in [9.17, 15) is 19.5 Å². The first-order chi connectivity index (χ1) is 12.4. The lowest BCUT2D eigenvalue weighted by molar-refractivity contribution is -0.153. The molecule has 0 bridgehead atoms. The van der Waals surface area contributed by atoms with Crippen molar-refractivity contribution in [3.8, 4) is 0 Å². The molecule has 152 valence electrons. The maximum Gasteiger partial charge on any atom is 0.326 e. The summed E-state index contributed by atoms with van der Waals surface area (Å²) in [5.41, 5.74) is -0.590. The van der Waals surface area contributed by atoms with E-state index >= 15 is 0 Å². The highest BCUT2D eigenvalue weighted by Crippen LogP contribution is 2.65. The number of piperidine rings is 1. The minimum atomic E-state index is -0.965. The molecule has 7 nitrogen and oxygen atoms in total. The van der Waals surface area contributed by atoms with Gasteiger partial charge < -0.3 is 20.1 Å². The van der Waals surface area contributed by atoms with Crippen LogP contribution in [0.3, 0.4) is 0 Å². The van der Waals surface area contributed by atoms with Gasteiger partial charge in [0.25, 0.3) is 0 Å². The number of ether oxygens (including phenoxy) is 1. The van der Waals surface area contributed by atoms with Gasteiger partial charge in [-0.15, -0.1) is 0 Å². The van der Waals surface area contributed by atoms with E-state index in [1.54, 1.807) is 0 Å². The zero-order valence-corrected chi connectivity index (χ0v) is 17.1. The zero-order chi connectivity index (χ0) is 20.3. The van der Waals surface area contributed by atoms with E-state index in [0.29, 0.717) is 6.54 Å². The summed E-state index contributed by atoms with van der Waals surface area (Å²) >= 11 is 0. The number of amides is 2. The molecule has 3 fully saturated rings. The number of rotatable bonds is 6. The second-order valence-electron chi connectivity index (χ2n) is 10.0. The third kappa shape index (κ3) is 3.46. The Morgan fingerprint density at radius 2 is 1.81 bits per heavy atom. The minimum absolute atomic E-state index is 0.0199. The lowest BCUT2D eigenvalue weighted by atomic mass is 9.85. The number of fused-ring (bicyclic) bond motifs is 1. The molecule has 2 amide bonds. The van der Waals surface area contributed by atoms with Gasteiger partial charge in [-0.1, -0.05) is 34.6 Å². The van der Waals surface area contributed by atoms with Crippen LogP contribution in [0.2, 0.25) is 0 Å². The van der Waals surface area contributed by atoms with Crippen LogP contribution in [0.4, 0.5) is 0 Å². The molecule has 2 aliphatic carbocycles. The number of carboxylic acids is 1. The number of carbonyl (C=O) groups is 3. The summed E-state index contributed by atoms with van der Waals surface area (Å²) < 4.78 is 5.33. The van der Waals surface area contributed by atoms with Crippen LogP contribution in [0.25, 0.3) is 0 Å². The molecule has 1 saturated heterocycles. The van der Waals surface area contributed by atoms with E-state index in [4.69, 9.17) is 4.74 Å². The van der Waals surface area contributed by atoms with E-state index in [0.717, 1.165) is 12.8 Å². The molecule has 1 heterocycles. The zero-order valence-electron chi connectivity index (χ0n) is 17.1. The van der Waals surface area contributed by atoms with Crippen molar-refractivity contribution in [2.45, 2.75) is 65.6 Å². The highest BCUT2D eigenvalue weighted by molar-refractivity contribution is 5.93. The summed E-state index contributed by atoms with van der Waals surface area (Å²) in [5.74, 6) is -1.17. The molecule has 2 saturated carbocycles. The smallest absolute Gasteiger partial charge is 0.326 e. The maximum atomic E-state index is 13.3. The maximum absolute atomic E-state index is 13.3. The van der Waals surface area contributed by atoms with Gasteiger partial charge in [-0.25, -0.2) is 4.79 Å². The first-order valence-corrected chi connectivity index (χ1v) is 9.77. The molecule has 1 aliphatic heterocycles. The predicted molar refractivity (Wildman–Crippen MR) is 98.8 cm³/mol. The number of likely N-dealkylation sites (tertiary alicyclic amines) is 1. The summed E-state index contributed by atoms with van der Waals surface area (Å²) in [6.07, 6.45) is 1.35. The van der Waals surface area contributed by atoms with Gasteiger partial charge in [-0.2, -0.15) is 0 Å². The Hall–Kier alpha value is -1.63. The Balaban J connectivity index is 1.78. The van der Waals surface area contributed by atoms with E-state index in [2.05, 4.69) is 19.2 Å². The SMILES string of the molecule is COC(C(=O)N[C@H](C(=O)N1C[C@H]2[C@@H]([C@H]1C(=O)O)C2(C)C)C(C)(C)C)C1CC1. The van der Waals surface area contributed by atoms with Crippen molar-refractivity contribution in [1.29, 1.82) is 0 Å². The molecule has 2 N–H and O–H groups in total. The Morgan fingerprint density at radius 3 is 2.26 bits per heavy atom. The highest BCUT2D eigenvalue weighted by atomic mass is 16.5. The van der Waals surface area contributed by atoms with E-state index in [1.165, 1.54) is 12.0 Å². The Morgan fingerprint density at radius 1 is 1.22 bits per heavy atom. The largest absolute Gasteiger partial charge is 0.480 e. The number of aliphatic carboxylic acids is 1. The van der Waals surface area contributed by atoms with Crippen molar-refractivity contribution in [1.82, 2.24) is 10.2 Å². The monoisotopic (exact) mass is 380 g/mol. The average molecular weight is 380 g/mol. The van der Waals surface area contributed by atoms with Crippen LogP contribution < -0.4 is 5.32 Å². The number of nitrogens with zero attached hydrogens (tertiary/aromatic N) is 1. The molecule has 0 spiro atoms. The van der Waals surface area contributed by atoms with Gasteiger partial charge >= 0.3 is 5.97 Å². The van der Waals surface area contributed by atoms with Crippen molar-refractivity contribution >= 4 is 17.8 Å². The van der Waals surface area contributed by atoms with Gasteiger partial charge in [0.2, 0.25) is 11.8 Å². The molecule has 0 aromatic carbocycles. The van der Waals surface area contributed by atoms with Gasteiger partial charge in [0.05, 0.1) is 0 Å². The van der Waals surface area contributed by atoms with Gasteiger partial charge in [-0.05, 0) is 35.5 Å². The van der Waals surface area contributed by atoms with Gasteiger partial charge in [0, 0.05) is 19.6 Å². The lowest BCUT2D eigenvalue weighted by Crippen LogP contribution is -2.59. The lowest BCUT2D eigenvalue weighted by Gasteiger charge is -2.37. The Labute approximate surface area is 160 Å². The summed E-state index contributed by atoms with van der Waals surface area (Å²) in [7, 11) is 1.51. The van der Waals surface area contributed by atoms with Crippen LogP contribution in [-0.2, 0) is 19.1 Å². The first-order valence-electron chi connectivity index (χ1n) is 9.77. The van der Waals surface area contributed by atoms with Crippen molar-refractivity contribution in [2.24, 2.45) is 28.6 Å². The highest BCUT2D eigenvalue weighted by Gasteiger charge is 2.70. The van der Waals surface area contributed by atoms with Crippen LogP contribution in [0.5, 0.6) is 0 Å². The topological polar surface area (TPSA) is 95.9 Å². The fourth-order valence-electron chi connectivity index (χ4n) is 4.75. The van der Waals surface area contributed by atoms with Crippen LogP contribution in [-0.4, -0.2) is 59.6 Å². The summed E-state index contributed by atoms with van der Waals surface area (Å²) in [5, 5.41) is 12.6. The second kappa shape index (κ2) is 6.47. The molecule has 3 aliphatic rings. The van der Waals surface area contributed by atoms with Crippen LogP contribution >= 0.6 is 0 Å².